The van der Waals surface area contributed by atoms with Crippen LogP contribution in [-0.4, -0.2) is 68.9 Å². The average Bonchev–Trinajstić information content (AvgIpc) is 3.07. The molecule has 2 N–H and O–H groups in total. The molecule has 0 heterocycles. The Kier molecular flexibility index (Phi) is 13.4. The zero-order valence-electron chi connectivity index (χ0n) is 28.2. The summed E-state index contributed by atoms with van der Waals surface area (Å²) >= 11 is 5.88. The van der Waals surface area contributed by atoms with Crippen molar-refractivity contribution in [2.45, 2.75) is 45.1 Å². The maximum Gasteiger partial charge on any atom is 0.471 e. The SMILES string of the molecule is COc1ccc(CN(Cc2ccc(OC)cc2OC)C(=S)N[C@@](C)(CC(=O)COC(C)=O)c2cc(NC(=O)C(F)(F)F)ccc2F)c(OC)c1. The minimum Gasteiger partial charge on any atom is -0.497 e. The second kappa shape index (κ2) is 17.0. The Morgan fingerprint density at radius 1 is 0.820 bits per heavy atom. The molecule has 0 radical (unpaired) electrons. The van der Waals surface area contributed by atoms with Crippen molar-refractivity contribution in [1.82, 2.24) is 10.2 Å². The molecule has 0 saturated heterocycles. The standard InChI is InChI=1S/C34H37F4N3O8S/c1-20(42)49-19-24(43)16-33(2,27-13-23(9-12-28(27)35)39-31(44)34(36,37)38)40-32(50)41(17-21-7-10-25(45-3)14-29(21)47-5)18-22-8-11-26(46-4)15-30(22)48-6/h7-15H,16-19H2,1-6H3,(H,39,44)(H,40,50)/t33-/m0/s1. The van der Waals surface area contributed by atoms with E-state index >= 15 is 4.39 Å². The number of ether oxygens (including phenoxy) is 5. The highest BCUT2D eigenvalue weighted by Gasteiger charge is 2.39. The molecule has 0 saturated carbocycles. The molecule has 0 aromatic heterocycles. The summed E-state index contributed by atoms with van der Waals surface area (Å²) in [4.78, 5) is 37.9. The van der Waals surface area contributed by atoms with Gasteiger partial charge in [0.25, 0.3) is 0 Å². The lowest BCUT2D eigenvalue weighted by molar-refractivity contribution is -0.167. The zero-order chi connectivity index (χ0) is 37.2. The maximum absolute atomic E-state index is 15.6. The van der Waals surface area contributed by atoms with Gasteiger partial charge in [0.15, 0.2) is 10.9 Å². The highest BCUT2D eigenvalue weighted by molar-refractivity contribution is 7.80. The fourth-order valence-corrected chi connectivity index (χ4v) is 5.31. The molecule has 1 atom stereocenters. The van der Waals surface area contributed by atoms with Gasteiger partial charge in [0.05, 0.1) is 34.0 Å². The Balaban J connectivity index is 2.12. The number of nitrogens with zero attached hydrogens (tertiary/aromatic N) is 1. The van der Waals surface area contributed by atoms with E-state index in [-0.39, 0.29) is 23.8 Å². The van der Waals surface area contributed by atoms with E-state index < -0.39 is 53.9 Å². The van der Waals surface area contributed by atoms with Crippen molar-refractivity contribution >= 4 is 40.7 Å². The number of alkyl halides is 3. The van der Waals surface area contributed by atoms with Crippen molar-refractivity contribution in [2.75, 3.05) is 40.4 Å². The van der Waals surface area contributed by atoms with Gasteiger partial charge in [0.1, 0.15) is 35.4 Å². The summed E-state index contributed by atoms with van der Waals surface area (Å²) in [6.07, 6.45) is -5.76. The summed E-state index contributed by atoms with van der Waals surface area (Å²) in [5.41, 5.74) is -1.15. The molecule has 1 amide bonds. The van der Waals surface area contributed by atoms with E-state index in [9.17, 15) is 27.6 Å². The summed E-state index contributed by atoms with van der Waals surface area (Å²) in [6, 6.07) is 13.1. The first-order chi connectivity index (χ1) is 23.5. The second-order valence-electron chi connectivity index (χ2n) is 11.1. The minimum atomic E-state index is -5.22. The molecule has 3 aromatic carbocycles. The molecule has 3 rings (SSSR count). The van der Waals surface area contributed by atoms with Gasteiger partial charge in [-0.15, -0.1) is 0 Å². The number of amides is 1. The summed E-state index contributed by atoms with van der Waals surface area (Å²) in [5, 5.41) is 4.71. The number of Topliss-reactive ketones (excluding diaryl/α,β-unsaturated/α-hetero) is 1. The van der Waals surface area contributed by atoms with Gasteiger partial charge in [-0.05, 0) is 61.6 Å². The second-order valence-corrected chi connectivity index (χ2v) is 11.5. The van der Waals surface area contributed by atoms with Crippen LogP contribution in [-0.2, 0) is 37.7 Å². The quantitative estimate of drug-likeness (QED) is 0.114. The number of hydrogen-bond acceptors (Lipinski definition) is 9. The van der Waals surface area contributed by atoms with Crippen molar-refractivity contribution in [3.63, 3.8) is 0 Å². The lowest BCUT2D eigenvalue weighted by atomic mass is 9.86. The number of carbonyl (C=O) groups excluding carboxylic acids is 3. The number of rotatable bonds is 15. The number of halogens is 4. The van der Waals surface area contributed by atoms with Gasteiger partial charge in [-0.3, -0.25) is 14.4 Å². The van der Waals surface area contributed by atoms with E-state index in [0.717, 1.165) is 25.1 Å². The van der Waals surface area contributed by atoms with Crippen LogP contribution in [0.25, 0.3) is 0 Å². The van der Waals surface area contributed by atoms with E-state index in [2.05, 4.69) is 5.32 Å². The van der Waals surface area contributed by atoms with Crippen LogP contribution >= 0.6 is 12.2 Å². The van der Waals surface area contributed by atoms with Crippen LogP contribution < -0.4 is 29.6 Å². The van der Waals surface area contributed by atoms with Gasteiger partial charge in [-0.25, -0.2) is 4.39 Å². The fourth-order valence-electron chi connectivity index (χ4n) is 4.95. The Hall–Kier alpha value is -5.12. The lowest BCUT2D eigenvalue weighted by Gasteiger charge is -2.37. The number of methoxy groups -OCH3 is 4. The molecule has 0 aliphatic heterocycles. The first-order valence-electron chi connectivity index (χ1n) is 14.9. The summed E-state index contributed by atoms with van der Waals surface area (Å²) in [7, 11) is 5.96. The molecule has 0 aliphatic rings. The number of hydrogen-bond donors (Lipinski definition) is 2. The third kappa shape index (κ3) is 10.4. The molecular weight excluding hydrogens is 686 g/mol. The van der Waals surface area contributed by atoms with E-state index in [4.69, 9.17) is 35.9 Å². The molecule has 0 unspecified atom stereocenters. The number of ketones is 1. The molecular formula is C34H37F4N3O8S. The van der Waals surface area contributed by atoms with Gasteiger partial charge in [0, 0.05) is 60.9 Å². The monoisotopic (exact) mass is 723 g/mol. The molecule has 0 fully saturated rings. The minimum absolute atomic E-state index is 0.0207. The smallest absolute Gasteiger partial charge is 0.471 e. The number of carbonyl (C=O) groups is 3. The Morgan fingerprint density at radius 2 is 1.36 bits per heavy atom. The molecule has 0 spiro atoms. The van der Waals surface area contributed by atoms with Crippen LogP contribution in [0.4, 0.5) is 23.2 Å². The van der Waals surface area contributed by atoms with Crippen molar-refractivity contribution in [3.8, 4) is 23.0 Å². The van der Waals surface area contributed by atoms with Gasteiger partial charge < -0.3 is 39.2 Å². The average molecular weight is 724 g/mol. The molecule has 50 heavy (non-hydrogen) atoms. The largest absolute Gasteiger partial charge is 0.497 e. The Labute approximate surface area is 291 Å². The Bertz CT molecular complexity index is 1660. The predicted octanol–water partition coefficient (Wildman–Crippen LogP) is 5.68. The number of anilines is 1. The van der Waals surface area contributed by atoms with Crippen LogP contribution in [0.5, 0.6) is 23.0 Å². The van der Waals surface area contributed by atoms with Crippen molar-refractivity contribution < 1.29 is 55.6 Å². The number of nitrogens with one attached hydrogen (secondary N) is 2. The van der Waals surface area contributed by atoms with E-state index in [1.54, 1.807) is 46.6 Å². The van der Waals surface area contributed by atoms with Crippen molar-refractivity contribution in [3.05, 3.63) is 77.1 Å². The first kappa shape index (κ1) is 39.3. The van der Waals surface area contributed by atoms with Crippen LogP contribution in [0.15, 0.2) is 54.6 Å². The first-order valence-corrected chi connectivity index (χ1v) is 15.3. The van der Waals surface area contributed by atoms with Crippen LogP contribution in [0.3, 0.4) is 0 Å². The molecule has 0 aliphatic carbocycles. The van der Waals surface area contributed by atoms with E-state index in [1.807, 2.05) is 0 Å². The molecule has 3 aromatic rings. The van der Waals surface area contributed by atoms with Gasteiger partial charge in [0.2, 0.25) is 0 Å². The van der Waals surface area contributed by atoms with Crippen molar-refractivity contribution in [1.29, 1.82) is 0 Å². The van der Waals surface area contributed by atoms with Crippen molar-refractivity contribution in [2.24, 2.45) is 0 Å². The van der Waals surface area contributed by atoms with Crippen LogP contribution in [0.2, 0.25) is 0 Å². The third-order valence-corrected chi connectivity index (χ3v) is 7.80. The van der Waals surface area contributed by atoms with Gasteiger partial charge in [-0.2, -0.15) is 13.2 Å². The number of esters is 1. The molecule has 11 nitrogen and oxygen atoms in total. The van der Waals surface area contributed by atoms with E-state index in [1.165, 1.54) is 35.4 Å². The molecule has 16 heteroatoms. The Morgan fingerprint density at radius 3 is 1.82 bits per heavy atom. The number of benzene rings is 3. The fraction of sp³-hybridized carbons (Fsp3) is 0.353. The van der Waals surface area contributed by atoms with Gasteiger partial charge in [-0.1, -0.05) is 0 Å². The summed E-state index contributed by atoms with van der Waals surface area (Å²) < 4.78 is 81.4. The summed E-state index contributed by atoms with van der Waals surface area (Å²) in [6.45, 7) is 2.02. The highest BCUT2D eigenvalue weighted by atomic mass is 32.1. The van der Waals surface area contributed by atoms with Gasteiger partial charge >= 0.3 is 18.1 Å². The topological polar surface area (TPSA) is 125 Å². The predicted molar refractivity (Wildman–Crippen MR) is 179 cm³/mol. The normalized spacial score (nSPS) is 12.2. The van der Waals surface area contributed by atoms with Crippen LogP contribution in [0.1, 0.15) is 37.0 Å². The lowest BCUT2D eigenvalue weighted by Crippen LogP contribution is -2.51. The highest BCUT2D eigenvalue weighted by Crippen LogP contribution is 2.33. The zero-order valence-corrected chi connectivity index (χ0v) is 29.0. The third-order valence-electron chi connectivity index (χ3n) is 7.44. The number of thiocarbonyl (C=S) groups is 1. The summed E-state index contributed by atoms with van der Waals surface area (Å²) in [5.74, 6) is -2.63. The molecule has 270 valence electrons. The van der Waals surface area contributed by atoms with E-state index in [0.29, 0.717) is 34.1 Å². The molecule has 0 bridgehead atoms. The maximum atomic E-state index is 15.6. The van der Waals surface area contributed by atoms with Crippen LogP contribution in [0, 0.1) is 5.82 Å².